The van der Waals surface area contributed by atoms with Crippen LogP contribution in [0.5, 0.6) is 0 Å². The predicted molar refractivity (Wildman–Crippen MR) is 37.0 cm³/mol. The summed E-state index contributed by atoms with van der Waals surface area (Å²) in [6, 6.07) is 0. The van der Waals surface area contributed by atoms with Crippen LogP contribution in [-0.2, 0) is 6.54 Å². The van der Waals surface area contributed by atoms with E-state index in [2.05, 4.69) is 15.5 Å². The van der Waals surface area contributed by atoms with Crippen LogP contribution in [-0.4, -0.2) is 16.1 Å². The minimum absolute atomic E-state index is 0. The highest BCUT2D eigenvalue weighted by Gasteiger charge is 2.19. The number of carbonyl (C=O) groups excluding carboxylic acids is 1. The minimum atomic E-state index is -0.0289. The molecule has 1 amide bonds. The van der Waals surface area contributed by atoms with Gasteiger partial charge in [0.15, 0.2) is 0 Å². The topological polar surface area (TPSA) is 57.8 Å². The lowest BCUT2D eigenvalue weighted by atomic mass is 10.3. The van der Waals surface area contributed by atoms with E-state index >= 15 is 0 Å². The maximum Gasteiger partial charge on any atom is 0.255 e. The van der Waals surface area contributed by atoms with E-state index in [1.807, 2.05) is 0 Å². The number of hydrogen-bond donors (Lipinski definition) is 2. The monoisotopic (exact) mass is 159 g/mol. The van der Waals surface area contributed by atoms with E-state index in [-0.39, 0.29) is 18.3 Å². The van der Waals surface area contributed by atoms with E-state index in [9.17, 15) is 4.79 Å². The zero-order valence-corrected chi connectivity index (χ0v) is 5.86. The fourth-order valence-corrected chi connectivity index (χ4v) is 0.907. The summed E-state index contributed by atoms with van der Waals surface area (Å²) in [6.07, 6.45) is 1.54. The van der Waals surface area contributed by atoms with Crippen LogP contribution in [0.25, 0.3) is 0 Å². The van der Waals surface area contributed by atoms with E-state index in [1.165, 1.54) is 6.20 Å². The summed E-state index contributed by atoms with van der Waals surface area (Å²) in [5.74, 6) is -0.0289. The molecule has 0 bridgehead atoms. The number of halogens is 1. The molecule has 0 fully saturated rings. The average Bonchev–Trinajstić information content (AvgIpc) is 2.35. The maximum atomic E-state index is 10.8. The van der Waals surface area contributed by atoms with Gasteiger partial charge in [0.1, 0.15) is 0 Å². The Morgan fingerprint density at radius 1 is 1.60 bits per heavy atom. The van der Waals surface area contributed by atoms with Crippen LogP contribution in [0.1, 0.15) is 16.1 Å². The summed E-state index contributed by atoms with van der Waals surface area (Å²) in [6.45, 7) is 0.591. The maximum absolute atomic E-state index is 10.8. The van der Waals surface area contributed by atoms with Crippen LogP contribution in [0.3, 0.4) is 0 Å². The highest BCUT2D eigenvalue weighted by atomic mass is 35.5. The van der Waals surface area contributed by atoms with E-state index in [4.69, 9.17) is 0 Å². The molecular weight excluding hydrogens is 154 g/mol. The molecule has 1 aromatic rings. The highest BCUT2D eigenvalue weighted by Crippen LogP contribution is 2.09. The molecule has 0 aliphatic carbocycles. The Hall–Kier alpha value is -1.03. The number of amides is 1. The molecule has 0 spiro atoms. The molecule has 1 aromatic heterocycles. The molecule has 5 heteroatoms. The Labute approximate surface area is 63.4 Å². The van der Waals surface area contributed by atoms with Crippen molar-refractivity contribution in [3.63, 3.8) is 0 Å². The lowest BCUT2D eigenvalue weighted by molar-refractivity contribution is 0.0965. The van der Waals surface area contributed by atoms with Gasteiger partial charge < -0.3 is 5.32 Å². The quantitative estimate of drug-likeness (QED) is 0.563. The van der Waals surface area contributed by atoms with Crippen molar-refractivity contribution in [1.29, 1.82) is 0 Å². The molecule has 2 N–H and O–H groups in total. The summed E-state index contributed by atoms with van der Waals surface area (Å²) < 4.78 is 0. The van der Waals surface area contributed by atoms with E-state index in [1.54, 1.807) is 0 Å². The van der Waals surface area contributed by atoms with E-state index < -0.39 is 0 Å². The van der Waals surface area contributed by atoms with Gasteiger partial charge in [-0.05, 0) is 0 Å². The molecule has 1 aliphatic heterocycles. The zero-order valence-electron chi connectivity index (χ0n) is 5.05. The third-order valence-electron chi connectivity index (χ3n) is 1.39. The lowest BCUT2D eigenvalue weighted by Gasteiger charge is -1.84. The largest absolute Gasteiger partial charge is 0.346 e. The van der Waals surface area contributed by atoms with Crippen molar-refractivity contribution in [3.8, 4) is 0 Å². The van der Waals surface area contributed by atoms with E-state index in [0.29, 0.717) is 12.1 Å². The number of nitrogens with zero attached hydrogens (tertiary/aromatic N) is 1. The summed E-state index contributed by atoms with van der Waals surface area (Å²) in [5.41, 5.74) is 1.56. The van der Waals surface area contributed by atoms with Gasteiger partial charge >= 0.3 is 0 Å². The normalized spacial score (nSPS) is 13.8. The van der Waals surface area contributed by atoms with Crippen LogP contribution in [0.2, 0.25) is 0 Å². The molecular formula is C5H6ClN3O. The number of aromatic amines is 1. The third-order valence-corrected chi connectivity index (χ3v) is 1.39. The van der Waals surface area contributed by atoms with Crippen molar-refractivity contribution >= 4 is 18.3 Å². The number of nitrogens with one attached hydrogen (secondary N) is 2. The molecule has 2 rings (SSSR count). The second-order valence-corrected chi connectivity index (χ2v) is 1.94. The van der Waals surface area contributed by atoms with Crippen LogP contribution >= 0.6 is 12.4 Å². The second kappa shape index (κ2) is 2.30. The first-order valence-corrected chi connectivity index (χ1v) is 2.68. The molecule has 0 saturated heterocycles. The van der Waals surface area contributed by atoms with E-state index in [0.717, 1.165) is 5.69 Å². The molecule has 2 heterocycles. The Balaban J connectivity index is 0.000000500. The Bertz CT molecular complexity index is 257. The van der Waals surface area contributed by atoms with Crippen molar-refractivity contribution in [3.05, 3.63) is 17.5 Å². The molecule has 0 unspecified atom stereocenters. The fourth-order valence-electron chi connectivity index (χ4n) is 0.907. The Morgan fingerprint density at radius 3 is 3.10 bits per heavy atom. The SMILES string of the molecule is Cl.O=C1NCc2[nH]ncc21. The number of rotatable bonds is 0. The van der Waals surface area contributed by atoms with Crippen molar-refractivity contribution in [1.82, 2.24) is 15.5 Å². The number of carbonyl (C=O) groups is 1. The average molecular weight is 160 g/mol. The van der Waals surface area contributed by atoms with Crippen LogP contribution in [0.4, 0.5) is 0 Å². The lowest BCUT2D eigenvalue weighted by Crippen LogP contribution is -2.12. The van der Waals surface area contributed by atoms with Gasteiger partial charge in [0.2, 0.25) is 0 Å². The Kier molecular flexibility index (Phi) is 1.63. The summed E-state index contributed by atoms with van der Waals surface area (Å²) >= 11 is 0. The van der Waals surface area contributed by atoms with Crippen molar-refractivity contribution in [2.45, 2.75) is 6.54 Å². The number of fused-ring (bicyclic) bond motifs is 1. The smallest absolute Gasteiger partial charge is 0.255 e. The van der Waals surface area contributed by atoms with Gasteiger partial charge in [-0.25, -0.2) is 0 Å². The van der Waals surface area contributed by atoms with Gasteiger partial charge in [0.05, 0.1) is 24.0 Å². The molecule has 0 radical (unpaired) electrons. The minimum Gasteiger partial charge on any atom is -0.346 e. The van der Waals surface area contributed by atoms with Gasteiger partial charge in [-0.2, -0.15) is 5.10 Å². The predicted octanol–water partition coefficient (Wildman–Crippen LogP) is 0.0749. The highest BCUT2D eigenvalue weighted by molar-refractivity contribution is 5.97. The first kappa shape index (κ1) is 7.08. The van der Waals surface area contributed by atoms with Gasteiger partial charge in [-0.15, -0.1) is 12.4 Å². The van der Waals surface area contributed by atoms with Crippen LogP contribution < -0.4 is 5.32 Å². The molecule has 0 atom stereocenters. The molecule has 1 aliphatic rings. The molecule has 4 nitrogen and oxygen atoms in total. The second-order valence-electron chi connectivity index (χ2n) is 1.94. The van der Waals surface area contributed by atoms with Gasteiger partial charge in [-0.1, -0.05) is 0 Å². The number of aromatic nitrogens is 2. The standard InChI is InChI=1S/C5H5N3O.ClH/c9-5-3-1-7-8-4(3)2-6-5;/h1H,2H2,(H,6,9)(H,7,8);1H. The van der Waals surface area contributed by atoms with Crippen molar-refractivity contribution in [2.24, 2.45) is 0 Å². The summed E-state index contributed by atoms with van der Waals surface area (Å²) in [7, 11) is 0. The molecule has 54 valence electrons. The Morgan fingerprint density at radius 2 is 2.40 bits per heavy atom. The van der Waals surface area contributed by atoms with Gasteiger partial charge in [0.25, 0.3) is 5.91 Å². The van der Waals surface area contributed by atoms with Crippen LogP contribution in [0, 0.1) is 0 Å². The molecule has 10 heavy (non-hydrogen) atoms. The molecule has 0 saturated carbocycles. The molecule has 0 aromatic carbocycles. The first-order valence-electron chi connectivity index (χ1n) is 2.68. The first-order chi connectivity index (χ1) is 4.38. The third kappa shape index (κ3) is 0.769. The van der Waals surface area contributed by atoms with Crippen molar-refractivity contribution in [2.75, 3.05) is 0 Å². The zero-order chi connectivity index (χ0) is 6.27. The van der Waals surface area contributed by atoms with Crippen molar-refractivity contribution < 1.29 is 4.79 Å². The van der Waals surface area contributed by atoms with Gasteiger partial charge in [-0.3, -0.25) is 9.89 Å². The van der Waals surface area contributed by atoms with Gasteiger partial charge in [0, 0.05) is 0 Å². The number of hydrogen-bond acceptors (Lipinski definition) is 2. The number of H-pyrrole nitrogens is 1. The fraction of sp³-hybridized carbons (Fsp3) is 0.200. The van der Waals surface area contributed by atoms with Crippen LogP contribution in [0.15, 0.2) is 6.20 Å². The summed E-state index contributed by atoms with van der Waals surface area (Å²) in [4.78, 5) is 10.8. The summed E-state index contributed by atoms with van der Waals surface area (Å²) in [5, 5.41) is 9.08.